The van der Waals surface area contributed by atoms with Crippen LogP contribution >= 0.6 is 15.9 Å². The van der Waals surface area contributed by atoms with Gasteiger partial charge in [-0.15, -0.1) is 0 Å². The van der Waals surface area contributed by atoms with Crippen molar-refractivity contribution in [2.45, 2.75) is 58.9 Å². The number of hydrogen-bond donors (Lipinski definition) is 1. The Morgan fingerprint density at radius 2 is 2.10 bits per heavy atom. The van der Waals surface area contributed by atoms with Crippen LogP contribution < -0.4 is 10.9 Å². The molecule has 1 aromatic rings. The average molecular weight is 342 g/mol. The molecule has 0 aliphatic heterocycles. The molecule has 1 aromatic heterocycles. The van der Waals surface area contributed by atoms with Gasteiger partial charge in [0.1, 0.15) is 4.47 Å². The number of halogens is 1. The van der Waals surface area contributed by atoms with Crippen molar-refractivity contribution in [3.05, 3.63) is 21.0 Å². The van der Waals surface area contributed by atoms with Crippen LogP contribution in [0.4, 0.5) is 5.69 Å². The predicted octanol–water partition coefficient (Wildman–Crippen LogP) is 3.80. The lowest BCUT2D eigenvalue weighted by Crippen LogP contribution is -2.30. The minimum absolute atomic E-state index is 0.0503. The van der Waals surface area contributed by atoms with Gasteiger partial charge < -0.3 is 5.32 Å². The zero-order valence-electron chi connectivity index (χ0n) is 12.4. The third-order valence-corrected chi connectivity index (χ3v) is 4.95. The molecule has 5 heteroatoms. The predicted molar refractivity (Wildman–Crippen MR) is 86.2 cm³/mol. The Morgan fingerprint density at radius 1 is 1.40 bits per heavy atom. The summed E-state index contributed by atoms with van der Waals surface area (Å²) in [7, 11) is 0. The van der Waals surface area contributed by atoms with Crippen LogP contribution in [0.25, 0.3) is 0 Å². The summed E-state index contributed by atoms with van der Waals surface area (Å²) in [4.78, 5) is 12.1. The highest BCUT2D eigenvalue weighted by Crippen LogP contribution is 2.36. The Hall–Kier alpha value is -0.840. The van der Waals surface area contributed by atoms with Crippen molar-refractivity contribution in [3.63, 3.8) is 0 Å². The largest absolute Gasteiger partial charge is 0.382 e. The summed E-state index contributed by atoms with van der Waals surface area (Å²) in [5.74, 6) is 0. The number of rotatable bonds is 5. The summed E-state index contributed by atoms with van der Waals surface area (Å²) >= 11 is 3.41. The van der Waals surface area contributed by atoms with Crippen molar-refractivity contribution in [1.82, 2.24) is 9.78 Å². The van der Waals surface area contributed by atoms with Gasteiger partial charge in [0.25, 0.3) is 5.56 Å². The summed E-state index contributed by atoms with van der Waals surface area (Å²) < 4.78 is 2.11. The maximum atomic E-state index is 12.1. The minimum Gasteiger partial charge on any atom is -0.382 e. The third-order valence-electron chi connectivity index (χ3n) is 4.19. The van der Waals surface area contributed by atoms with Gasteiger partial charge in [0.2, 0.25) is 0 Å². The second kappa shape index (κ2) is 6.74. The van der Waals surface area contributed by atoms with Crippen molar-refractivity contribution in [2.75, 3.05) is 11.9 Å². The second-order valence-corrected chi connectivity index (χ2v) is 6.92. The first kappa shape index (κ1) is 15.5. The topological polar surface area (TPSA) is 46.9 Å². The normalized spacial score (nSPS) is 17.9. The standard InChI is InChI=1S/C15H24BrN3O/c1-3-9-19-14(20)13(16)12(10-18-19)17-11-15(2)7-5-4-6-8-15/h10,17H,3-9,11H2,1-2H3. The van der Waals surface area contributed by atoms with E-state index < -0.39 is 0 Å². The van der Waals surface area contributed by atoms with Crippen LogP contribution in [0.5, 0.6) is 0 Å². The molecule has 1 heterocycles. The Kier molecular flexibility index (Phi) is 5.24. The molecule has 2 rings (SSSR count). The Bertz CT molecular complexity index is 506. The first-order chi connectivity index (χ1) is 9.56. The molecule has 0 bridgehead atoms. The fourth-order valence-electron chi connectivity index (χ4n) is 2.85. The Labute approximate surface area is 129 Å². The van der Waals surface area contributed by atoms with E-state index in [1.54, 1.807) is 6.20 Å². The van der Waals surface area contributed by atoms with Gasteiger partial charge in [0.05, 0.1) is 11.9 Å². The fraction of sp³-hybridized carbons (Fsp3) is 0.733. The molecule has 0 atom stereocenters. The molecule has 1 fully saturated rings. The smallest absolute Gasteiger partial charge is 0.283 e. The highest BCUT2D eigenvalue weighted by atomic mass is 79.9. The van der Waals surface area contributed by atoms with Crippen molar-refractivity contribution < 1.29 is 0 Å². The fourth-order valence-corrected chi connectivity index (χ4v) is 3.30. The van der Waals surface area contributed by atoms with Crippen LogP contribution in [0.3, 0.4) is 0 Å². The lowest BCUT2D eigenvalue weighted by atomic mass is 9.76. The molecule has 20 heavy (non-hydrogen) atoms. The lowest BCUT2D eigenvalue weighted by molar-refractivity contribution is 0.233. The van der Waals surface area contributed by atoms with Gasteiger partial charge >= 0.3 is 0 Å². The molecule has 0 amide bonds. The average Bonchev–Trinajstić information content (AvgIpc) is 2.44. The van der Waals surface area contributed by atoms with E-state index >= 15 is 0 Å². The first-order valence-electron chi connectivity index (χ1n) is 7.55. The molecule has 1 aliphatic rings. The van der Waals surface area contributed by atoms with Crippen molar-refractivity contribution >= 4 is 21.6 Å². The van der Waals surface area contributed by atoms with Crippen LogP contribution in [0.1, 0.15) is 52.4 Å². The van der Waals surface area contributed by atoms with Gasteiger partial charge in [-0.1, -0.05) is 33.1 Å². The van der Waals surface area contributed by atoms with Crippen LogP contribution in [-0.4, -0.2) is 16.3 Å². The molecule has 1 N–H and O–H groups in total. The maximum absolute atomic E-state index is 12.1. The van der Waals surface area contributed by atoms with E-state index in [0.29, 0.717) is 16.4 Å². The van der Waals surface area contributed by atoms with Crippen molar-refractivity contribution in [1.29, 1.82) is 0 Å². The van der Waals surface area contributed by atoms with Crippen molar-refractivity contribution in [2.24, 2.45) is 5.41 Å². The number of aryl methyl sites for hydroxylation is 1. The van der Waals surface area contributed by atoms with E-state index in [4.69, 9.17) is 0 Å². The minimum atomic E-state index is -0.0503. The van der Waals surface area contributed by atoms with E-state index in [1.807, 2.05) is 6.92 Å². The number of nitrogens with zero attached hydrogens (tertiary/aromatic N) is 2. The molecule has 0 radical (unpaired) electrons. The summed E-state index contributed by atoms with van der Waals surface area (Å²) in [6.45, 7) is 5.94. The number of nitrogens with one attached hydrogen (secondary N) is 1. The number of hydrogen-bond acceptors (Lipinski definition) is 3. The van der Waals surface area contributed by atoms with Gasteiger partial charge in [0, 0.05) is 13.1 Å². The van der Waals surface area contributed by atoms with Crippen molar-refractivity contribution in [3.8, 4) is 0 Å². The summed E-state index contributed by atoms with van der Waals surface area (Å²) in [5, 5.41) is 7.64. The van der Waals surface area contributed by atoms with Gasteiger partial charge in [-0.3, -0.25) is 4.79 Å². The third kappa shape index (κ3) is 3.62. The molecule has 0 spiro atoms. The lowest BCUT2D eigenvalue weighted by Gasteiger charge is -2.34. The number of aromatic nitrogens is 2. The monoisotopic (exact) mass is 341 g/mol. The quantitative estimate of drug-likeness (QED) is 0.885. The molecule has 0 unspecified atom stereocenters. The van der Waals surface area contributed by atoms with E-state index in [2.05, 4.69) is 33.3 Å². The molecule has 1 aliphatic carbocycles. The molecular weight excluding hydrogens is 318 g/mol. The molecular formula is C15H24BrN3O. The van der Waals surface area contributed by atoms with Crippen LogP contribution in [-0.2, 0) is 6.54 Å². The van der Waals surface area contributed by atoms with Gasteiger partial charge in [0.15, 0.2) is 0 Å². The van der Waals surface area contributed by atoms with Crippen LogP contribution in [0, 0.1) is 5.41 Å². The van der Waals surface area contributed by atoms with Crippen LogP contribution in [0.2, 0.25) is 0 Å². The zero-order valence-corrected chi connectivity index (χ0v) is 14.0. The summed E-state index contributed by atoms with van der Waals surface area (Å²) in [5.41, 5.74) is 1.11. The summed E-state index contributed by atoms with van der Waals surface area (Å²) in [6, 6.07) is 0. The summed E-state index contributed by atoms with van der Waals surface area (Å²) in [6.07, 6.45) is 9.17. The highest BCUT2D eigenvalue weighted by Gasteiger charge is 2.26. The first-order valence-corrected chi connectivity index (χ1v) is 8.34. The van der Waals surface area contributed by atoms with Gasteiger partial charge in [-0.05, 0) is 40.6 Å². The van der Waals surface area contributed by atoms with Gasteiger partial charge in [-0.25, -0.2) is 4.68 Å². The second-order valence-electron chi connectivity index (χ2n) is 6.13. The van der Waals surface area contributed by atoms with E-state index in [1.165, 1.54) is 36.8 Å². The highest BCUT2D eigenvalue weighted by molar-refractivity contribution is 9.10. The van der Waals surface area contributed by atoms with E-state index in [-0.39, 0.29) is 5.56 Å². The Morgan fingerprint density at radius 3 is 2.75 bits per heavy atom. The van der Waals surface area contributed by atoms with Crippen LogP contribution in [0.15, 0.2) is 15.5 Å². The molecule has 0 saturated heterocycles. The van der Waals surface area contributed by atoms with Gasteiger partial charge in [-0.2, -0.15) is 5.10 Å². The SMILES string of the molecule is CCCn1ncc(NCC2(C)CCCCC2)c(Br)c1=O. The van der Waals surface area contributed by atoms with E-state index in [0.717, 1.165) is 18.7 Å². The molecule has 1 saturated carbocycles. The zero-order chi connectivity index (χ0) is 14.6. The molecule has 112 valence electrons. The molecule has 4 nitrogen and oxygen atoms in total. The maximum Gasteiger partial charge on any atom is 0.283 e. The Balaban J connectivity index is 2.06. The number of anilines is 1. The van der Waals surface area contributed by atoms with E-state index in [9.17, 15) is 4.79 Å². The molecule has 0 aromatic carbocycles.